The van der Waals surface area contributed by atoms with Crippen molar-refractivity contribution in [2.24, 2.45) is 0 Å². The molecule has 290 valence electrons. The molecule has 0 fully saturated rings. The third-order valence-corrected chi connectivity index (χ3v) is 13.8. The van der Waals surface area contributed by atoms with Crippen LogP contribution in [0, 0.1) is 11.3 Å². The van der Waals surface area contributed by atoms with Gasteiger partial charge in [-0.05, 0) is 135 Å². The number of hydrogen-bond acceptors (Lipinski definition) is 5. The maximum Gasteiger partial charge on any atom is 0.164 e. The van der Waals surface area contributed by atoms with Gasteiger partial charge in [0.25, 0.3) is 0 Å². The van der Waals surface area contributed by atoms with Gasteiger partial charge in [0, 0.05) is 26.3 Å². The van der Waals surface area contributed by atoms with Crippen LogP contribution in [-0.4, -0.2) is 15.0 Å². The second-order valence-electron chi connectivity index (χ2n) is 16.3. The molecule has 13 rings (SSSR count). The molecule has 0 spiro atoms. The van der Waals surface area contributed by atoms with E-state index in [9.17, 15) is 5.26 Å². The maximum absolute atomic E-state index is 9.45. The fraction of sp³-hybridized carbons (Fsp3) is 0. The highest BCUT2D eigenvalue weighted by Crippen LogP contribution is 2.45. The monoisotopic (exact) mass is 816 g/mol. The van der Waals surface area contributed by atoms with E-state index in [0.717, 1.165) is 44.2 Å². The average molecular weight is 817 g/mol. The Morgan fingerprint density at radius 2 is 0.825 bits per heavy atom. The lowest BCUT2D eigenvalue weighted by atomic mass is 9.87. The molecule has 0 amide bonds. The van der Waals surface area contributed by atoms with Crippen LogP contribution in [-0.2, 0) is 0 Å². The molecule has 2 aromatic heterocycles. The molecule has 0 aliphatic heterocycles. The Bertz CT molecular complexity index is 4010. The zero-order chi connectivity index (χ0) is 41.6. The third-order valence-electron chi connectivity index (χ3n) is 12.6. The van der Waals surface area contributed by atoms with Gasteiger partial charge in [-0.2, -0.15) is 5.26 Å². The Morgan fingerprint density at radius 1 is 0.333 bits per heavy atom. The van der Waals surface area contributed by atoms with Crippen LogP contribution in [0.15, 0.2) is 194 Å². The fourth-order valence-electron chi connectivity index (χ4n) is 9.69. The number of nitrogens with zero attached hydrogens (tertiary/aromatic N) is 4. The third kappa shape index (κ3) is 5.70. The summed E-state index contributed by atoms with van der Waals surface area (Å²) in [4.78, 5) is 17.1. The lowest BCUT2D eigenvalue weighted by molar-refractivity contribution is 1.07. The van der Waals surface area contributed by atoms with E-state index in [1.54, 1.807) is 11.3 Å². The van der Waals surface area contributed by atoms with E-state index in [4.69, 9.17) is 15.0 Å². The molecule has 2 heterocycles. The van der Waals surface area contributed by atoms with E-state index in [1.165, 1.54) is 68.8 Å². The van der Waals surface area contributed by atoms with Crippen molar-refractivity contribution in [2.75, 3.05) is 0 Å². The molecule has 0 atom stereocenters. The van der Waals surface area contributed by atoms with E-state index in [2.05, 4.69) is 170 Å². The number of nitriles is 1. The first-order valence-electron chi connectivity index (χ1n) is 21.1. The first-order chi connectivity index (χ1) is 31.1. The van der Waals surface area contributed by atoms with Gasteiger partial charge in [-0.3, -0.25) is 0 Å². The normalized spacial score (nSPS) is 11.8. The van der Waals surface area contributed by atoms with Crippen molar-refractivity contribution in [3.63, 3.8) is 0 Å². The predicted molar refractivity (Wildman–Crippen MR) is 263 cm³/mol. The molecule has 0 bridgehead atoms. The summed E-state index contributed by atoms with van der Waals surface area (Å²) in [5, 5.41) is 25.3. The number of thiophene rings is 1. The summed E-state index contributed by atoms with van der Waals surface area (Å²) >= 11 is 1.79. The molecule has 0 saturated carbocycles. The Morgan fingerprint density at radius 3 is 1.44 bits per heavy atom. The van der Waals surface area contributed by atoms with E-state index in [-0.39, 0.29) is 0 Å². The van der Waals surface area contributed by atoms with Crippen molar-refractivity contribution >= 4 is 86.1 Å². The second-order valence-corrected chi connectivity index (χ2v) is 17.4. The summed E-state index contributed by atoms with van der Waals surface area (Å²) < 4.78 is 1.26. The van der Waals surface area contributed by atoms with Crippen molar-refractivity contribution in [1.82, 2.24) is 15.0 Å². The van der Waals surface area contributed by atoms with Crippen molar-refractivity contribution in [3.05, 3.63) is 200 Å². The quantitative estimate of drug-likeness (QED) is 0.162. The van der Waals surface area contributed by atoms with E-state index in [0.29, 0.717) is 23.0 Å². The molecule has 63 heavy (non-hydrogen) atoms. The van der Waals surface area contributed by atoms with Gasteiger partial charge in [-0.15, -0.1) is 11.3 Å². The summed E-state index contributed by atoms with van der Waals surface area (Å²) in [6.45, 7) is 0. The minimum absolute atomic E-state index is 0.585. The molecule has 11 aromatic carbocycles. The smallest absolute Gasteiger partial charge is 0.164 e. The van der Waals surface area contributed by atoms with Crippen LogP contribution >= 0.6 is 11.3 Å². The number of hydrogen-bond donors (Lipinski definition) is 0. The van der Waals surface area contributed by atoms with Gasteiger partial charge in [0.15, 0.2) is 17.5 Å². The van der Waals surface area contributed by atoms with Gasteiger partial charge in [0.1, 0.15) is 0 Å². The largest absolute Gasteiger partial charge is 0.208 e. The highest BCUT2D eigenvalue weighted by atomic mass is 32.1. The molecule has 5 heteroatoms. The molecular formula is C58H32N4S. The minimum Gasteiger partial charge on any atom is -0.208 e. The molecule has 0 radical (unpaired) electrons. The zero-order valence-electron chi connectivity index (χ0n) is 33.7. The molecular weight excluding hydrogens is 785 g/mol. The summed E-state index contributed by atoms with van der Waals surface area (Å²) in [7, 11) is 0. The van der Waals surface area contributed by atoms with Crippen LogP contribution in [0.1, 0.15) is 5.56 Å². The van der Waals surface area contributed by atoms with Crippen molar-refractivity contribution < 1.29 is 0 Å². The van der Waals surface area contributed by atoms with Crippen molar-refractivity contribution in [1.29, 1.82) is 5.26 Å². The molecule has 0 N–H and O–H groups in total. The Hall–Kier alpha value is -8.30. The predicted octanol–water partition coefficient (Wildman–Crippen LogP) is 15.6. The number of benzene rings is 10. The van der Waals surface area contributed by atoms with Gasteiger partial charge in [0.05, 0.1) is 11.6 Å². The van der Waals surface area contributed by atoms with Gasteiger partial charge < -0.3 is 0 Å². The fourth-order valence-corrected chi connectivity index (χ4v) is 10.7. The summed E-state index contributed by atoms with van der Waals surface area (Å²) in [6.07, 6.45) is 0. The van der Waals surface area contributed by atoms with E-state index < -0.39 is 0 Å². The SMILES string of the molecule is N#Cc1ccc(-c2cccc(-c3nc(-c4cccc(-c5cc6ccccc6s5)c4)nc(-c4cc5ccc6cccc7c8cccc9ccc%10cccc(c(c4)c5c67)c%10c98)n3)c2)cc1. The van der Waals surface area contributed by atoms with Crippen LogP contribution < -0.4 is 0 Å². The Kier molecular flexibility index (Phi) is 7.81. The van der Waals surface area contributed by atoms with Crippen LogP contribution in [0.5, 0.6) is 0 Å². The molecule has 0 saturated heterocycles. The van der Waals surface area contributed by atoms with Crippen molar-refractivity contribution in [3.8, 4) is 61.8 Å². The molecule has 0 aliphatic rings. The molecule has 0 aliphatic carbocycles. The summed E-state index contributed by atoms with van der Waals surface area (Å²) in [5.41, 5.74) is 6.48. The van der Waals surface area contributed by atoms with Crippen LogP contribution in [0.4, 0.5) is 0 Å². The first-order valence-corrected chi connectivity index (χ1v) is 21.9. The van der Waals surface area contributed by atoms with Gasteiger partial charge in [-0.25, -0.2) is 15.0 Å². The van der Waals surface area contributed by atoms with E-state index >= 15 is 0 Å². The standard InChI is InChI=1S/C58H32N4S/c59-33-34-20-22-35(23-21-34)39-12-3-14-43(28-39)56-60-57(44-15-4-13-40(29-44)51-32-41-8-1-2-19-50(41)63-51)62-58(61-56)45-30-42-27-26-38-10-6-17-47-46-16-5-9-36-24-25-37-11-7-18-48(54(37)52(36)46)49(31-45)55(42)53(38)47/h1-32H. The topological polar surface area (TPSA) is 62.5 Å². The highest BCUT2D eigenvalue weighted by molar-refractivity contribution is 7.22. The minimum atomic E-state index is 0.585. The van der Waals surface area contributed by atoms with Crippen molar-refractivity contribution in [2.45, 2.75) is 0 Å². The van der Waals surface area contributed by atoms with Crippen LogP contribution in [0.25, 0.3) is 130 Å². The first kappa shape index (κ1) is 35.5. The van der Waals surface area contributed by atoms with Gasteiger partial charge in [0.2, 0.25) is 0 Å². The molecule has 13 aromatic rings. The number of fused-ring (bicyclic) bond motifs is 3. The highest BCUT2D eigenvalue weighted by Gasteiger charge is 2.19. The van der Waals surface area contributed by atoms with Gasteiger partial charge in [-0.1, -0.05) is 146 Å². The van der Waals surface area contributed by atoms with Gasteiger partial charge >= 0.3 is 0 Å². The van der Waals surface area contributed by atoms with Crippen LogP contribution in [0.2, 0.25) is 0 Å². The van der Waals surface area contributed by atoms with Crippen LogP contribution in [0.3, 0.4) is 0 Å². The lowest BCUT2D eigenvalue weighted by Crippen LogP contribution is -2.00. The zero-order valence-corrected chi connectivity index (χ0v) is 34.5. The Labute approximate surface area is 366 Å². The Balaban J connectivity index is 1.08. The lowest BCUT2D eigenvalue weighted by Gasteiger charge is -2.17. The second kappa shape index (κ2) is 13.9. The molecule has 4 nitrogen and oxygen atoms in total. The summed E-state index contributed by atoms with van der Waals surface area (Å²) in [5.74, 6) is 1.79. The number of rotatable bonds is 5. The number of aromatic nitrogens is 3. The maximum atomic E-state index is 9.45. The average Bonchev–Trinajstić information content (AvgIpc) is 3.80. The van der Waals surface area contributed by atoms with E-state index in [1.807, 2.05) is 30.3 Å². The molecule has 0 unspecified atom stereocenters. The summed E-state index contributed by atoms with van der Waals surface area (Å²) in [6, 6.07) is 71.2.